The summed E-state index contributed by atoms with van der Waals surface area (Å²) in [7, 11) is 1.51. The number of rotatable bonds is 9. The van der Waals surface area contributed by atoms with E-state index in [0.29, 0.717) is 48.4 Å². The fraction of sp³-hybridized carbons (Fsp3) is 0.241. The van der Waals surface area contributed by atoms with Crippen molar-refractivity contribution in [1.29, 1.82) is 0 Å². The van der Waals surface area contributed by atoms with E-state index in [1.165, 1.54) is 11.8 Å². The van der Waals surface area contributed by atoms with Crippen molar-refractivity contribution >= 4 is 76.5 Å². The van der Waals surface area contributed by atoms with Gasteiger partial charge in [0.1, 0.15) is 5.82 Å². The Kier molecular flexibility index (Phi) is 9.81. The summed E-state index contributed by atoms with van der Waals surface area (Å²) in [5.41, 5.74) is 2.76. The first-order valence-electron chi connectivity index (χ1n) is 12.4. The molecule has 1 atom stereocenters. The first-order valence-corrected chi connectivity index (χ1v) is 14.8. The van der Waals surface area contributed by atoms with E-state index in [4.69, 9.17) is 14.5 Å². The molecule has 4 rings (SSSR count). The van der Waals surface area contributed by atoms with Crippen molar-refractivity contribution in [3.63, 3.8) is 0 Å². The van der Waals surface area contributed by atoms with Gasteiger partial charge in [0.25, 0.3) is 11.5 Å². The van der Waals surface area contributed by atoms with Crippen LogP contribution in [0, 0.1) is 6.92 Å². The van der Waals surface area contributed by atoms with E-state index in [-0.39, 0.29) is 24.0 Å². The minimum Gasteiger partial charge on any atom is -0.493 e. The van der Waals surface area contributed by atoms with Crippen molar-refractivity contribution in [3.8, 4) is 11.5 Å². The Hall–Kier alpha value is -3.02. The molecule has 0 aliphatic rings. The predicted octanol–water partition coefficient (Wildman–Crippen LogP) is 7.41. The van der Waals surface area contributed by atoms with Gasteiger partial charge in [0, 0.05) is 26.1 Å². The van der Waals surface area contributed by atoms with Crippen LogP contribution in [-0.2, 0) is 4.79 Å². The van der Waals surface area contributed by atoms with Gasteiger partial charge in [-0.05, 0) is 81.6 Å². The van der Waals surface area contributed by atoms with E-state index in [0.717, 1.165) is 16.5 Å². The monoisotopic (exact) mass is 732 g/mol. The molecule has 1 amide bonds. The maximum absolute atomic E-state index is 13.5. The number of carbonyl (C=O) groups excluding carboxylic acids is 1. The van der Waals surface area contributed by atoms with E-state index in [1.54, 1.807) is 18.3 Å². The van der Waals surface area contributed by atoms with Crippen LogP contribution < -0.4 is 20.3 Å². The minimum atomic E-state index is -0.313. The molecule has 0 saturated carbocycles. The molecule has 0 aliphatic carbocycles. The summed E-state index contributed by atoms with van der Waals surface area (Å²) >= 11 is 10.6. The van der Waals surface area contributed by atoms with Crippen LogP contribution in [0.4, 0.5) is 5.69 Å². The molecule has 1 heterocycles. The number of aryl methyl sites for hydroxylation is 1. The molecule has 4 aromatic rings. The number of nitrogens with zero attached hydrogens (tertiary/aromatic N) is 3. The molecular weight excluding hydrogens is 708 g/mol. The van der Waals surface area contributed by atoms with E-state index in [1.807, 2.05) is 57.2 Å². The normalized spacial score (nSPS) is 12.1. The van der Waals surface area contributed by atoms with Gasteiger partial charge in [-0.3, -0.25) is 9.59 Å². The van der Waals surface area contributed by atoms with Crippen LogP contribution >= 0.6 is 47.8 Å². The standard InChI is InChI=1S/C29H27Br3N4O4/c1-5-17(3)28-35-22-11-8-19(30)13-21(22)29(38)36(28)33-14-18-12-23(39-4)27(26(32)25(18)31)40-15-24(37)34-20-9-6-16(2)7-10-20/h6-14,17H,5,15H2,1-4H3,(H,34,37)/t17-/m0/s1. The summed E-state index contributed by atoms with van der Waals surface area (Å²) in [5.74, 6) is 0.992. The van der Waals surface area contributed by atoms with Crippen LogP contribution in [0.25, 0.3) is 10.9 Å². The topological polar surface area (TPSA) is 94.8 Å². The highest BCUT2D eigenvalue weighted by Crippen LogP contribution is 2.42. The SMILES string of the molecule is CC[C@H](C)c1nc2ccc(Br)cc2c(=O)n1N=Cc1cc(OC)c(OCC(=O)Nc2ccc(C)cc2)c(Br)c1Br. The van der Waals surface area contributed by atoms with Gasteiger partial charge in [-0.2, -0.15) is 9.78 Å². The van der Waals surface area contributed by atoms with Gasteiger partial charge in [0.05, 0.1) is 28.7 Å². The predicted molar refractivity (Wildman–Crippen MR) is 169 cm³/mol. The van der Waals surface area contributed by atoms with Crippen molar-refractivity contribution < 1.29 is 14.3 Å². The van der Waals surface area contributed by atoms with Gasteiger partial charge in [0.2, 0.25) is 0 Å². The highest BCUT2D eigenvalue weighted by atomic mass is 79.9. The van der Waals surface area contributed by atoms with Gasteiger partial charge in [-0.1, -0.05) is 47.5 Å². The lowest BCUT2D eigenvalue weighted by Gasteiger charge is -2.16. The van der Waals surface area contributed by atoms with Gasteiger partial charge < -0.3 is 14.8 Å². The van der Waals surface area contributed by atoms with Crippen molar-refractivity contribution in [3.05, 3.63) is 89.3 Å². The average molecular weight is 735 g/mol. The highest BCUT2D eigenvalue weighted by molar-refractivity contribution is 9.13. The zero-order valence-electron chi connectivity index (χ0n) is 22.3. The number of methoxy groups -OCH3 is 1. The molecule has 0 radical (unpaired) electrons. The molecule has 8 nitrogen and oxygen atoms in total. The third kappa shape index (κ3) is 6.64. The molecule has 1 aromatic heterocycles. The fourth-order valence-corrected chi connectivity index (χ4v) is 5.15. The van der Waals surface area contributed by atoms with E-state index < -0.39 is 0 Å². The average Bonchev–Trinajstić information content (AvgIpc) is 2.94. The summed E-state index contributed by atoms with van der Waals surface area (Å²) < 4.78 is 14.7. The van der Waals surface area contributed by atoms with E-state index >= 15 is 0 Å². The van der Waals surface area contributed by atoms with Gasteiger partial charge in [-0.25, -0.2) is 4.98 Å². The Morgan fingerprint density at radius 2 is 1.85 bits per heavy atom. The Bertz CT molecular complexity index is 1650. The Labute approximate surface area is 257 Å². The van der Waals surface area contributed by atoms with Crippen LogP contribution in [0.1, 0.15) is 43.1 Å². The van der Waals surface area contributed by atoms with Gasteiger partial charge in [0.15, 0.2) is 18.1 Å². The summed E-state index contributed by atoms with van der Waals surface area (Å²) in [6.07, 6.45) is 2.35. The summed E-state index contributed by atoms with van der Waals surface area (Å²) in [4.78, 5) is 30.7. The number of hydrogen-bond acceptors (Lipinski definition) is 6. The molecule has 3 aromatic carbocycles. The number of carbonyl (C=O) groups is 1. The van der Waals surface area contributed by atoms with E-state index in [9.17, 15) is 9.59 Å². The van der Waals surface area contributed by atoms with Crippen molar-refractivity contribution in [2.75, 3.05) is 19.0 Å². The molecular formula is C29H27Br3N4O4. The molecule has 0 spiro atoms. The molecule has 208 valence electrons. The van der Waals surface area contributed by atoms with Crippen LogP contribution in [0.3, 0.4) is 0 Å². The minimum absolute atomic E-state index is 0.00411. The quantitative estimate of drug-likeness (QED) is 0.181. The number of benzene rings is 3. The third-order valence-corrected chi connectivity index (χ3v) is 8.89. The van der Waals surface area contributed by atoms with Gasteiger partial charge in [-0.15, -0.1) is 0 Å². The molecule has 0 unspecified atom stereocenters. The van der Waals surface area contributed by atoms with Crippen molar-refractivity contribution in [2.45, 2.75) is 33.1 Å². The molecule has 0 aliphatic heterocycles. The lowest BCUT2D eigenvalue weighted by atomic mass is 10.1. The number of hydrogen-bond donors (Lipinski definition) is 1. The Balaban J connectivity index is 1.65. The zero-order valence-corrected chi connectivity index (χ0v) is 27.1. The number of ether oxygens (including phenoxy) is 2. The Morgan fingerprint density at radius 3 is 2.52 bits per heavy atom. The molecule has 0 saturated heterocycles. The summed E-state index contributed by atoms with van der Waals surface area (Å²) in [5, 5.41) is 7.82. The summed E-state index contributed by atoms with van der Waals surface area (Å²) in [6.45, 7) is 5.80. The van der Waals surface area contributed by atoms with Crippen LogP contribution in [0.15, 0.2) is 71.8 Å². The molecule has 40 heavy (non-hydrogen) atoms. The number of amides is 1. The van der Waals surface area contributed by atoms with Crippen LogP contribution in [-0.4, -0.2) is 35.5 Å². The summed E-state index contributed by atoms with van der Waals surface area (Å²) in [6, 6.07) is 14.6. The number of nitrogens with one attached hydrogen (secondary N) is 1. The third-order valence-electron chi connectivity index (χ3n) is 6.26. The maximum atomic E-state index is 13.5. The number of anilines is 1. The second-order valence-electron chi connectivity index (χ2n) is 9.13. The maximum Gasteiger partial charge on any atom is 0.282 e. The zero-order chi connectivity index (χ0) is 29.0. The fourth-order valence-electron chi connectivity index (χ4n) is 3.86. The van der Waals surface area contributed by atoms with E-state index in [2.05, 4.69) is 58.2 Å². The first-order chi connectivity index (χ1) is 19.1. The smallest absolute Gasteiger partial charge is 0.282 e. The van der Waals surface area contributed by atoms with Crippen LogP contribution in [0.5, 0.6) is 11.5 Å². The number of aromatic nitrogens is 2. The number of fused-ring (bicyclic) bond motifs is 1. The first kappa shape index (κ1) is 30.0. The largest absolute Gasteiger partial charge is 0.493 e. The molecule has 1 N–H and O–H groups in total. The molecule has 0 bridgehead atoms. The second kappa shape index (κ2) is 13.1. The van der Waals surface area contributed by atoms with Crippen LogP contribution in [0.2, 0.25) is 0 Å². The van der Waals surface area contributed by atoms with Gasteiger partial charge >= 0.3 is 0 Å². The Morgan fingerprint density at radius 1 is 1.12 bits per heavy atom. The van der Waals surface area contributed by atoms with Crippen molar-refractivity contribution in [1.82, 2.24) is 9.66 Å². The lowest BCUT2D eigenvalue weighted by molar-refractivity contribution is -0.118. The molecule has 0 fully saturated rings. The molecule has 11 heteroatoms. The highest BCUT2D eigenvalue weighted by Gasteiger charge is 2.19. The van der Waals surface area contributed by atoms with Crippen molar-refractivity contribution in [2.24, 2.45) is 5.10 Å². The lowest BCUT2D eigenvalue weighted by Crippen LogP contribution is -2.23. The second-order valence-corrected chi connectivity index (χ2v) is 11.6. The number of halogens is 3.